The number of nitrogens with one attached hydrogen (secondary N) is 1. The highest BCUT2D eigenvalue weighted by molar-refractivity contribution is 5.78. The summed E-state index contributed by atoms with van der Waals surface area (Å²) in [7, 11) is 0. The number of carbonyl (C=O) groups excluding carboxylic acids is 1. The Morgan fingerprint density at radius 1 is 1.23 bits per heavy atom. The van der Waals surface area contributed by atoms with E-state index in [9.17, 15) is 4.79 Å². The van der Waals surface area contributed by atoms with E-state index >= 15 is 0 Å². The number of aryl methyl sites for hydroxylation is 2. The molecule has 1 aliphatic carbocycles. The van der Waals surface area contributed by atoms with Crippen molar-refractivity contribution in [3.05, 3.63) is 59.4 Å². The molecule has 0 fully saturated rings. The van der Waals surface area contributed by atoms with E-state index in [4.69, 9.17) is 4.74 Å². The molecule has 0 aliphatic heterocycles. The number of ether oxygens (including phenoxy) is 1. The summed E-state index contributed by atoms with van der Waals surface area (Å²) in [5, 5.41) is 2.93. The van der Waals surface area contributed by atoms with Gasteiger partial charge in [-0.25, -0.2) is 0 Å². The van der Waals surface area contributed by atoms with Crippen LogP contribution in [-0.4, -0.2) is 17.5 Å². The lowest BCUT2D eigenvalue weighted by molar-refractivity contribution is -0.123. The summed E-state index contributed by atoms with van der Waals surface area (Å²) in [6.07, 6.45) is 6.91. The number of amides is 1. The van der Waals surface area contributed by atoms with Gasteiger partial charge in [-0.15, -0.1) is 0 Å². The molecule has 1 atom stereocenters. The molecule has 114 valence electrons. The van der Waals surface area contributed by atoms with Crippen LogP contribution in [0.15, 0.2) is 42.7 Å². The molecule has 0 spiro atoms. The molecule has 1 N–H and O–H groups in total. The number of nitrogens with zero attached hydrogens (tertiary/aromatic N) is 1. The zero-order valence-corrected chi connectivity index (χ0v) is 12.7. The maximum absolute atomic E-state index is 12.0. The first-order valence-corrected chi connectivity index (χ1v) is 7.66. The van der Waals surface area contributed by atoms with Gasteiger partial charge in [-0.3, -0.25) is 9.78 Å². The highest BCUT2D eigenvalue weighted by Crippen LogP contribution is 2.25. The summed E-state index contributed by atoms with van der Waals surface area (Å²) in [5.41, 5.74) is 3.78. The van der Waals surface area contributed by atoms with Crippen LogP contribution in [0.1, 0.15) is 36.1 Å². The third kappa shape index (κ3) is 3.45. The van der Waals surface area contributed by atoms with E-state index < -0.39 is 0 Å². The average molecular weight is 296 g/mol. The standard InChI is InChI=1S/C18H20N2O2/c1-13(14-7-9-19-10-8-14)20-18(21)12-22-17-6-5-15-3-2-4-16(15)11-17/h5-11,13H,2-4,12H2,1H3,(H,20,21)/t13-/m1/s1. The maximum Gasteiger partial charge on any atom is 0.258 e. The SMILES string of the molecule is C[C@@H](NC(=O)COc1ccc2c(c1)CCC2)c1ccncc1. The Hall–Kier alpha value is -2.36. The number of aromatic nitrogens is 1. The van der Waals surface area contributed by atoms with Crippen LogP contribution < -0.4 is 10.1 Å². The number of fused-ring (bicyclic) bond motifs is 1. The van der Waals surface area contributed by atoms with E-state index in [2.05, 4.69) is 22.4 Å². The normalized spacial score (nSPS) is 14.2. The molecule has 22 heavy (non-hydrogen) atoms. The Balaban J connectivity index is 1.52. The molecule has 4 nitrogen and oxygen atoms in total. The van der Waals surface area contributed by atoms with Crippen molar-refractivity contribution >= 4 is 5.91 Å². The molecular weight excluding hydrogens is 276 g/mol. The Morgan fingerprint density at radius 3 is 2.82 bits per heavy atom. The molecule has 4 heteroatoms. The van der Waals surface area contributed by atoms with Crippen LogP contribution >= 0.6 is 0 Å². The first-order valence-electron chi connectivity index (χ1n) is 7.66. The number of rotatable bonds is 5. The molecule has 0 unspecified atom stereocenters. The molecule has 0 saturated heterocycles. The van der Waals surface area contributed by atoms with Gasteiger partial charge >= 0.3 is 0 Å². The largest absolute Gasteiger partial charge is 0.484 e. The molecule has 1 heterocycles. The van der Waals surface area contributed by atoms with Gasteiger partial charge in [-0.05, 0) is 67.1 Å². The van der Waals surface area contributed by atoms with Crippen LogP contribution in [0.4, 0.5) is 0 Å². The minimum Gasteiger partial charge on any atom is -0.484 e. The lowest BCUT2D eigenvalue weighted by Gasteiger charge is -2.14. The summed E-state index contributed by atoms with van der Waals surface area (Å²) in [6, 6.07) is 9.85. The topological polar surface area (TPSA) is 51.2 Å². The second-order valence-electron chi connectivity index (χ2n) is 5.64. The molecular formula is C18H20N2O2. The van der Waals surface area contributed by atoms with E-state index in [1.807, 2.05) is 25.1 Å². The Kier molecular flexibility index (Phi) is 4.37. The number of pyridine rings is 1. The average Bonchev–Trinajstić information content (AvgIpc) is 3.01. The third-order valence-electron chi connectivity index (χ3n) is 4.02. The van der Waals surface area contributed by atoms with Gasteiger partial charge < -0.3 is 10.1 Å². The van der Waals surface area contributed by atoms with Gasteiger partial charge in [0.05, 0.1) is 6.04 Å². The predicted octanol–water partition coefficient (Wildman–Crippen LogP) is 2.83. The highest BCUT2D eigenvalue weighted by atomic mass is 16.5. The predicted molar refractivity (Wildman–Crippen MR) is 84.8 cm³/mol. The van der Waals surface area contributed by atoms with Crippen LogP contribution in [0.25, 0.3) is 0 Å². The van der Waals surface area contributed by atoms with Crippen molar-refractivity contribution < 1.29 is 9.53 Å². The van der Waals surface area contributed by atoms with Crippen LogP contribution in [0, 0.1) is 0 Å². The van der Waals surface area contributed by atoms with Gasteiger partial charge in [0.1, 0.15) is 5.75 Å². The van der Waals surface area contributed by atoms with Gasteiger partial charge in [0.15, 0.2) is 6.61 Å². The smallest absolute Gasteiger partial charge is 0.258 e. The van der Waals surface area contributed by atoms with E-state index in [1.54, 1.807) is 12.4 Å². The molecule has 3 rings (SSSR count). The van der Waals surface area contributed by atoms with E-state index in [0.717, 1.165) is 24.2 Å². The Labute approximate surface area is 130 Å². The number of hydrogen-bond acceptors (Lipinski definition) is 3. The van der Waals surface area contributed by atoms with Gasteiger partial charge in [0.25, 0.3) is 5.91 Å². The molecule has 1 amide bonds. The van der Waals surface area contributed by atoms with Crippen molar-refractivity contribution in [2.75, 3.05) is 6.61 Å². The highest BCUT2D eigenvalue weighted by Gasteiger charge is 2.13. The van der Waals surface area contributed by atoms with Gasteiger partial charge in [-0.2, -0.15) is 0 Å². The molecule has 0 radical (unpaired) electrons. The fourth-order valence-electron chi connectivity index (χ4n) is 2.81. The molecule has 1 aromatic heterocycles. The molecule has 1 aromatic carbocycles. The molecule has 2 aromatic rings. The second kappa shape index (κ2) is 6.60. The molecule has 0 bridgehead atoms. The Bertz CT molecular complexity index is 655. The quantitative estimate of drug-likeness (QED) is 0.923. The van der Waals surface area contributed by atoms with Crippen molar-refractivity contribution in [3.8, 4) is 5.75 Å². The fourth-order valence-corrected chi connectivity index (χ4v) is 2.81. The van der Waals surface area contributed by atoms with Crippen LogP contribution in [0.5, 0.6) is 5.75 Å². The minimum absolute atomic E-state index is 0.0359. The van der Waals surface area contributed by atoms with Gasteiger partial charge in [0, 0.05) is 12.4 Å². The van der Waals surface area contributed by atoms with Crippen LogP contribution in [0.2, 0.25) is 0 Å². The summed E-state index contributed by atoms with van der Waals surface area (Å²) < 4.78 is 5.61. The van der Waals surface area contributed by atoms with E-state index in [-0.39, 0.29) is 18.6 Å². The maximum atomic E-state index is 12.0. The zero-order chi connectivity index (χ0) is 15.4. The van der Waals surface area contributed by atoms with E-state index in [0.29, 0.717) is 0 Å². The van der Waals surface area contributed by atoms with Gasteiger partial charge in [0.2, 0.25) is 0 Å². The summed E-state index contributed by atoms with van der Waals surface area (Å²) >= 11 is 0. The first kappa shape index (κ1) is 14.6. The summed E-state index contributed by atoms with van der Waals surface area (Å²) in [4.78, 5) is 16.0. The van der Waals surface area contributed by atoms with Crippen molar-refractivity contribution in [2.45, 2.75) is 32.2 Å². The van der Waals surface area contributed by atoms with Gasteiger partial charge in [-0.1, -0.05) is 6.07 Å². The lowest BCUT2D eigenvalue weighted by Crippen LogP contribution is -2.31. The summed E-state index contributed by atoms with van der Waals surface area (Å²) in [6.45, 7) is 1.98. The van der Waals surface area contributed by atoms with Crippen molar-refractivity contribution in [1.29, 1.82) is 0 Å². The first-order chi connectivity index (χ1) is 10.7. The zero-order valence-electron chi connectivity index (χ0n) is 12.7. The Morgan fingerprint density at radius 2 is 2.00 bits per heavy atom. The number of carbonyl (C=O) groups is 1. The molecule has 0 saturated carbocycles. The number of hydrogen-bond donors (Lipinski definition) is 1. The van der Waals surface area contributed by atoms with Crippen LogP contribution in [0.3, 0.4) is 0 Å². The monoisotopic (exact) mass is 296 g/mol. The van der Waals surface area contributed by atoms with Crippen molar-refractivity contribution in [3.63, 3.8) is 0 Å². The summed E-state index contributed by atoms with van der Waals surface area (Å²) in [5.74, 6) is 0.650. The minimum atomic E-state index is -0.121. The van der Waals surface area contributed by atoms with E-state index in [1.165, 1.54) is 17.5 Å². The lowest BCUT2D eigenvalue weighted by atomic mass is 10.1. The number of benzene rings is 1. The van der Waals surface area contributed by atoms with Crippen LogP contribution in [-0.2, 0) is 17.6 Å². The van der Waals surface area contributed by atoms with Crippen molar-refractivity contribution in [1.82, 2.24) is 10.3 Å². The van der Waals surface area contributed by atoms with Crippen molar-refractivity contribution in [2.24, 2.45) is 0 Å². The second-order valence-corrected chi connectivity index (χ2v) is 5.64. The fraction of sp³-hybridized carbons (Fsp3) is 0.333. The third-order valence-corrected chi connectivity index (χ3v) is 4.02. The molecule has 1 aliphatic rings.